The predicted octanol–water partition coefficient (Wildman–Crippen LogP) is 5.82. The van der Waals surface area contributed by atoms with Crippen LogP contribution >= 0.6 is 0 Å². The van der Waals surface area contributed by atoms with Crippen LogP contribution in [-0.4, -0.2) is 41.5 Å². The molecule has 10 heteroatoms. The zero-order valence-corrected chi connectivity index (χ0v) is 21.8. The second kappa shape index (κ2) is 12.6. The number of alkyl halides is 3. The first-order chi connectivity index (χ1) is 19.5. The monoisotopic (exact) mass is 565 g/mol. The number of ketones is 2. The van der Waals surface area contributed by atoms with Crippen LogP contribution in [0.3, 0.4) is 0 Å². The summed E-state index contributed by atoms with van der Waals surface area (Å²) in [6.45, 7) is -0.0501. The van der Waals surface area contributed by atoms with Gasteiger partial charge in [0.2, 0.25) is 0 Å². The molecular formula is C31H26F3NO6. The summed E-state index contributed by atoms with van der Waals surface area (Å²) in [6.07, 6.45) is -0.106. The third kappa shape index (κ3) is 7.91. The Labute approximate surface area is 233 Å². The van der Waals surface area contributed by atoms with Gasteiger partial charge in [-0.1, -0.05) is 30.3 Å². The lowest BCUT2D eigenvalue weighted by atomic mass is 9.87. The summed E-state index contributed by atoms with van der Waals surface area (Å²) < 4.78 is 41.4. The van der Waals surface area contributed by atoms with Gasteiger partial charge in [-0.3, -0.25) is 19.2 Å². The highest BCUT2D eigenvalue weighted by atomic mass is 19.4. The lowest BCUT2D eigenvalue weighted by Gasteiger charge is -2.17. The van der Waals surface area contributed by atoms with Gasteiger partial charge in [0.1, 0.15) is 5.75 Å². The highest BCUT2D eigenvalue weighted by Gasteiger charge is 2.31. The van der Waals surface area contributed by atoms with E-state index >= 15 is 0 Å². The van der Waals surface area contributed by atoms with E-state index in [1.807, 2.05) is 12.1 Å². The van der Waals surface area contributed by atoms with E-state index in [1.165, 1.54) is 48.0 Å². The number of hydrogen-bond donors (Lipinski definition) is 2. The number of fused-ring (bicyclic) bond motifs is 1. The third-order valence-corrected chi connectivity index (χ3v) is 6.59. The van der Waals surface area contributed by atoms with Crippen molar-refractivity contribution in [2.75, 3.05) is 6.54 Å². The van der Waals surface area contributed by atoms with Crippen molar-refractivity contribution >= 4 is 29.0 Å². The number of carbonyl (C=O) groups is 4. The topological polar surface area (TPSA) is 110 Å². The zero-order chi connectivity index (χ0) is 29.6. The van der Waals surface area contributed by atoms with Crippen molar-refractivity contribution in [2.24, 2.45) is 0 Å². The normalized spacial score (nSPS) is 13.2. The second-order valence-electron chi connectivity index (χ2n) is 9.49. The number of hydrogen-bond acceptors (Lipinski definition) is 5. The Kier molecular flexibility index (Phi) is 9.01. The number of amides is 1. The Morgan fingerprint density at radius 1 is 0.805 bits per heavy atom. The predicted molar refractivity (Wildman–Crippen MR) is 144 cm³/mol. The van der Waals surface area contributed by atoms with E-state index in [0.29, 0.717) is 5.56 Å². The first kappa shape index (κ1) is 29.3. The van der Waals surface area contributed by atoms with Crippen LogP contribution < -0.4 is 10.1 Å². The molecule has 0 aromatic heterocycles. The number of halogens is 3. The van der Waals surface area contributed by atoms with Crippen molar-refractivity contribution in [1.82, 2.24) is 5.32 Å². The van der Waals surface area contributed by atoms with E-state index in [2.05, 4.69) is 10.1 Å². The number of carboxylic acid groups (broad SMARTS) is 1. The maximum absolute atomic E-state index is 13.7. The Balaban J connectivity index is 1.63. The Morgan fingerprint density at radius 3 is 2.02 bits per heavy atom. The second-order valence-corrected chi connectivity index (χ2v) is 9.49. The van der Waals surface area contributed by atoms with Crippen LogP contribution in [0.1, 0.15) is 67.0 Å². The first-order valence-electron chi connectivity index (χ1n) is 12.9. The average Bonchev–Trinajstić information content (AvgIpc) is 2.94. The van der Waals surface area contributed by atoms with Gasteiger partial charge < -0.3 is 15.2 Å². The maximum atomic E-state index is 13.7. The molecule has 0 fully saturated rings. The van der Waals surface area contributed by atoms with Gasteiger partial charge in [-0.15, -0.1) is 13.2 Å². The van der Waals surface area contributed by atoms with Crippen molar-refractivity contribution in [2.45, 2.75) is 38.5 Å². The van der Waals surface area contributed by atoms with Crippen LogP contribution in [0.5, 0.6) is 5.75 Å². The molecule has 0 atom stereocenters. The van der Waals surface area contributed by atoms with Crippen LogP contribution in [0, 0.1) is 0 Å². The number of carboxylic acids is 1. The summed E-state index contributed by atoms with van der Waals surface area (Å²) in [4.78, 5) is 49.8. The fraction of sp³-hybridized carbons (Fsp3) is 0.226. The molecule has 0 saturated carbocycles. The van der Waals surface area contributed by atoms with Crippen LogP contribution in [0.25, 0.3) is 5.57 Å². The summed E-state index contributed by atoms with van der Waals surface area (Å²) >= 11 is 0. The molecule has 1 aliphatic carbocycles. The number of Topliss-reactive ketones (excluding diaryl/α,β-unsaturated/α-hetero) is 1. The molecule has 2 N–H and O–H groups in total. The molecule has 1 amide bonds. The summed E-state index contributed by atoms with van der Waals surface area (Å²) in [6, 6.07) is 15.7. The van der Waals surface area contributed by atoms with Gasteiger partial charge in [-0.2, -0.15) is 0 Å². The highest BCUT2D eigenvalue weighted by Crippen LogP contribution is 2.28. The summed E-state index contributed by atoms with van der Waals surface area (Å²) in [7, 11) is 0. The molecule has 41 heavy (non-hydrogen) atoms. The van der Waals surface area contributed by atoms with E-state index < -0.39 is 35.6 Å². The van der Waals surface area contributed by atoms with Gasteiger partial charge in [-0.05, 0) is 84.8 Å². The molecule has 0 bridgehead atoms. The molecular weight excluding hydrogens is 539 g/mol. The molecule has 3 aromatic rings. The molecule has 0 unspecified atom stereocenters. The van der Waals surface area contributed by atoms with Crippen LogP contribution in [0.4, 0.5) is 13.2 Å². The number of allylic oxidation sites excluding steroid dienone is 2. The number of rotatable bonds is 10. The van der Waals surface area contributed by atoms with Gasteiger partial charge in [0.25, 0.3) is 5.91 Å². The lowest BCUT2D eigenvalue weighted by Crippen LogP contribution is -2.26. The van der Waals surface area contributed by atoms with Crippen molar-refractivity contribution in [3.05, 3.63) is 106 Å². The summed E-state index contributed by atoms with van der Waals surface area (Å²) in [5, 5.41) is 11.2. The third-order valence-electron chi connectivity index (χ3n) is 6.59. The van der Waals surface area contributed by atoms with Gasteiger partial charge in [0, 0.05) is 28.8 Å². The van der Waals surface area contributed by atoms with Crippen LogP contribution in [0.2, 0.25) is 0 Å². The van der Waals surface area contributed by atoms with Crippen molar-refractivity contribution in [3.63, 3.8) is 0 Å². The number of carbonyl (C=O) groups excluding carboxylic acids is 3. The molecule has 4 rings (SSSR count). The molecule has 212 valence electrons. The fourth-order valence-corrected chi connectivity index (χ4v) is 4.53. The van der Waals surface area contributed by atoms with Gasteiger partial charge in [0.05, 0.1) is 6.42 Å². The van der Waals surface area contributed by atoms with Gasteiger partial charge in [-0.25, -0.2) is 0 Å². The molecule has 0 heterocycles. The quantitative estimate of drug-likeness (QED) is 0.237. The summed E-state index contributed by atoms with van der Waals surface area (Å²) in [5.74, 6) is -3.09. The van der Waals surface area contributed by atoms with E-state index in [1.54, 1.807) is 6.07 Å². The summed E-state index contributed by atoms with van der Waals surface area (Å²) in [5.41, 5.74) is 3.38. The standard InChI is InChI=1S/C31H26F3NO6/c32-31(33,34)41-25-13-11-20(12-14-25)27(36)18-26(24-10-5-19-3-1-2-4-23(19)17-24)29(39)21-6-8-22(9-7-21)30(40)35-16-15-28(37)38/h5-14,17-18H,1-4,15-16H2,(H,35,40)(H,37,38)/b26-18-. The molecule has 0 spiro atoms. The number of benzene rings is 3. The molecule has 0 aliphatic heterocycles. The smallest absolute Gasteiger partial charge is 0.481 e. The molecule has 1 aliphatic rings. The van der Waals surface area contributed by atoms with Crippen molar-refractivity contribution < 1.29 is 42.2 Å². The minimum Gasteiger partial charge on any atom is -0.481 e. The highest BCUT2D eigenvalue weighted by molar-refractivity contribution is 6.32. The minimum atomic E-state index is -4.87. The molecule has 0 saturated heterocycles. The minimum absolute atomic E-state index is 0.0501. The van der Waals surface area contributed by atoms with Gasteiger partial charge >= 0.3 is 12.3 Å². The first-order valence-corrected chi connectivity index (χ1v) is 12.9. The Morgan fingerprint density at radius 2 is 1.39 bits per heavy atom. The van der Waals surface area contributed by atoms with Crippen LogP contribution in [-0.2, 0) is 17.6 Å². The Hall–Kier alpha value is -4.73. The number of nitrogens with one attached hydrogen (secondary N) is 1. The van der Waals surface area contributed by atoms with E-state index in [-0.39, 0.29) is 35.2 Å². The Bertz CT molecular complexity index is 1490. The van der Waals surface area contributed by atoms with E-state index in [0.717, 1.165) is 43.4 Å². The average molecular weight is 566 g/mol. The lowest BCUT2D eigenvalue weighted by molar-refractivity contribution is -0.274. The molecule has 0 radical (unpaired) electrons. The van der Waals surface area contributed by atoms with E-state index in [4.69, 9.17) is 5.11 Å². The molecule has 3 aromatic carbocycles. The zero-order valence-electron chi connectivity index (χ0n) is 21.8. The number of ether oxygens (including phenoxy) is 1. The fourth-order valence-electron chi connectivity index (χ4n) is 4.53. The van der Waals surface area contributed by atoms with Gasteiger partial charge in [0.15, 0.2) is 11.6 Å². The van der Waals surface area contributed by atoms with E-state index in [9.17, 15) is 32.3 Å². The van der Waals surface area contributed by atoms with Crippen molar-refractivity contribution in [1.29, 1.82) is 0 Å². The SMILES string of the molecule is O=C(O)CCNC(=O)c1ccc(C(=O)/C(=C\C(=O)c2ccc(OC(F)(F)F)cc2)c2ccc3c(c2)CCCC3)cc1. The number of aryl methyl sites for hydroxylation is 2. The number of aliphatic carboxylic acids is 1. The maximum Gasteiger partial charge on any atom is 0.573 e. The van der Waals surface area contributed by atoms with Crippen molar-refractivity contribution in [3.8, 4) is 5.75 Å². The molecule has 7 nitrogen and oxygen atoms in total. The largest absolute Gasteiger partial charge is 0.573 e. The van der Waals surface area contributed by atoms with Crippen LogP contribution in [0.15, 0.2) is 72.8 Å².